The Balaban J connectivity index is 1.20. The van der Waals surface area contributed by atoms with Crippen molar-refractivity contribution in [3.63, 3.8) is 0 Å². The molecular formula is C23H28N4O2. The van der Waals surface area contributed by atoms with Crippen molar-refractivity contribution in [1.82, 2.24) is 19.4 Å². The maximum absolute atomic E-state index is 12.3. The van der Waals surface area contributed by atoms with E-state index in [2.05, 4.69) is 14.8 Å². The molecule has 0 saturated carbocycles. The monoisotopic (exact) mass is 392 g/mol. The molecule has 2 aromatic carbocycles. The first-order valence-electron chi connectivity index (χ1n) is 10.3. The minimum atomic E-state index is -0.432. The third kappa shape index (κ3) is 5.09. The lowest BCUT2D eigenvalue weighted by Gasteiger charge is -2.35. The van der Waals surface area contributed by atoms with Crippen molar-refractivity contribution in [3.8, 4) is 0 Å². The van der Waals surface area contributed by atoms with Gasteiger partial charge in [-0.05, 0) is 12.1 Å². The van der Waals surface area contributed by atoms with Crippen molar-refractivity contribution in [3.05, 3.63) is 66.5 Å². The van der Waals surface area contributed by atoms with Crippen molar-refractivity contribution < 1.29 is 9.90 Å². The molecule has 0 bridgehead atoms. The number of carbonyl (C=O) groups excluding carboxylic acids is 1. The Kier molecular flexibility index (Phi) is 6.34. The van der Waals surface area contributed by atoms with Gasteiger partial charge in [0.2, 0.25) is 0 Å². The number of aliphatic hydroxyl groups excluding tert-OH is 1. The van der Waals surface area contributed by atoms with Crippen LogP contribution in [0, 0.1) is 0 Å². The zero-order chi connectivity index (χ0) is 20.1. The van der Waals surface area contributed by atoms with Gasteiger partial charge in [-0.25, -0.2) is 4.98 Å². The second-order valence-electron chi connectivity index (χ2n) is 7.72. The fraction of sp³-hybridized carbons (Fsp3) is 0.391. The van der Waals surface area contributed by atoms with Gasteiger partial charge in [-0.15, -0.1) is 0 Å². The molecule has 1 fully saturated rings. The summed E-state index contributed by atoms with van der Waals surface area (Å²) in [5.74, 6) is 0.205. The molecule has 1 atom stereocenters. The van der Waals surface area contributed by atoms with Crippen molar-refractivity contribution in [2.24, 2.45) is 0 Å². The van der Waals surface area contributed by atoms with Crippen LogP contribution in [0.25, 0.3) is 11.0 Å². The number of nitrogens with zero attached hydrogens (tertiary/aromatic N) is 4. The standard InChI is InChI=1S/C23H28N4O2/c28-20(17-27-18-24-21-8-4-5-9-22(21)27)16-26-14-12-25(13-15-26)11-10-23(29)19-6-2-1-3-7-19/h1-9,18,20,28H,10-17H2. The number of ketones is 1. The summed E-state index contributed by atoms with van der Waals surface area (Å²) >= 11 is 0. The van der Waals surface area contributed by atoms with E-state index in [1.54, 1.807) is 6.33 Å². The van der Waals surface area contributed by atoms with Crippen LogP contribution < -0.4 is 0 Å². The molecule has 0 amide bonds. The molecule has 6 heteroatoms. The molecule has 0 radical (unpaired) electrons. The summed E-state index contributed by atoms with van der Waals surface area (Å²) in [5, 5.41) is 10.6. The molecular weight excluding hydrogens is 364 g/mol. The Morgan fingerprint density at radius 3 is 2.41 bits per heavy atom. The number of piperazine rings is 1. The molecule has 0 spiro atoms. The number of imidazole rings is 1. The van der Waals surface area contributed by atoms with E-state index in [4.69, 9.17) is 0 Å². The number of fused-ring (bicyclic) bond motifs is 1. The lowest BCUT2D eigenvalue weighted by molar-refractivity contribution is 0.0636. The highest BCUT2D eigenvalue weighted by Gasteiger charge is 2.20. The molecule has 1 unspecified atom stereocenters. The van der Waals surface area contributed by atoms with Gasteiger partial charge in [-0.1, -0.05) is 42.5 Å². The van der Waals surface area contributed by atoms with Crippen LogP contribution in [0.4, 0.5) is 0 Å². The average molecular weight is 393 g/mol. The number of benzene rings is 2. The third-order valence-corrected chi connectivity index (χ3v) is 5.62. The van der Waals surface area contributed by atoms with Gasteiger partial charge in [0.25, 0.3) is 0 Å². The summed E-state index contributed by atoms with van der Waals surface area (Å²) in [6.07, 6.45) is 1.93. The molecule has 1 aliphatic rings. The van der Waals surface area contributed by atoms with Crippen LogP contribution in [0.3, 0.4) is 0 Å². The zero-order valence-corrected chi connectivity index (χ0v) is 16.7. The van der Waals surface area contributed by atoms with E-state index in [1.165, 1.54) is 0 Å². The second-order valence-corrected chi connectivity index (χ2v) is 7.72. The van der Waals surface area contributed by atoms with E-state index in [0.29, 0.717) is 19.5 Å². The van der Waals surface area contributed by atoms with E-state index in [-0.39, 0.29) is 5.78 Å². The number of aromatic nitrogens is 2. The first kappa shape index (κ1) is 19.8. The van der Waals surface area contributed by atoms with Crippen molar-refractivity contribution >= 4 is 16.8 Å². The van der Waals surface area contributed by atoms with Gasteiger partial charge in [0.1, 0.15) is 0 Å². The Hall–Kier alpha value is -2.54. The predicted octanol–water partition coefficient (Wildman–Crippen LogP) is 2.29. The van der Waals surface area contributed by atoms with Gasteiger partial charge < -0.3 is 14.6 Å². The summed E-state index contributed by atoms with van der Waals surface area (Å²) in [6.45, 7) is 5.70. The van der Waals surface area contributed by atoms with Crippen LogP contribution in [-0.4, -0.2) is 75.6 Å². The zero-order valence-electron chi connectivity index (χ0n) is 16.7. The topological polar surface area (TPSA) is 61.6 Å². The Morgan fingerprint density at radius 1 is 0.931 bits per heavy atom. The number of aliphatic hydroxyl groups is 1. The van der Waals surface area contributed by atoms with Crippen LogP contribution in [0.15, 0.2) is 60.9 Å². The summed E-state index contributed by atoms with van der Waals surface area (Å²) in [6, 6.07) is 17.5. The molecule has 6 nitrogen and oxygen atoms in total. The SMILES string of the molecule is O=C(CCN1CCN(CC(O)Cn2cnc3ccccc32)CC1)c1ccccc1. The molecule has 4 rings (SSSR count). The van der Waals surface area contributed by atoms with E-state index < -0.39 is 6.10 Å². The Bertz CT molecular complexity index is 932. The number of β-amino-alcohol motifs (C(OH)–C–C–N with tert-alkyl or cyclic N) is 1. The second kappa shape index (κ2) is 9.31. The maximum atomic E-state index is 12.3. The molecule has 2 heterocycles. The van der Waals surface area contributed by atoms with E-state index in [1.807, 2.05) is 59.2 Å². The highest BCUT2D eigenvalue weighted by Crippen LogP contribution is 2.13. The molecule has 29 heavy (non-hydrogen) atoms. The number of para-hydroxylation sites is 2. The van der Waals surface area contributed by atoms with Gasteiger partial charge in [-0.3, -0.25) is 9.69 Å². The van der Waals surface area contributed by atoms with Gasteiger partial charge >= 0.3 is 0 Å². The van der Waals surface area contributed by atoms with Crippen LogP contribution >= 0.6 is 0 Å². The quantitative estimate of drug-likeness (QED) is 0.596. The van der Waals surface area contributed by atoms with E-state index in [9.17, 15) is 9.90 Å². The van der Waals surface area contributed by atoms with Gasteiger partial charge in [-0.2, -0.15) is 0 Å². The lowest BCUT2D eigenvalue weighted by Crippen LogP contribution is -2.49. The number of Topliss-reactive ketones (excluding diaryl/α,β-unsaturated/α-hetero) is 1. The fourth-order valence-corrected chi connectivity index (χ4v) is 3.96. The molecule has 1 aliphatic heterocycles. The van der Waals surface area contributed by atoms with Crippen LogP contribution in [0.5, 0.6) is 0 Å². The van der Waals surface area contributed by atoms with Gasteiger partial charge in [0.15, 0.2) is 5.78 Å². The predicted molar refractivity (Wildman–Crippen MR) is 114 cm³/mol. The van der Waals surface area contributed by atoms with Crippen molar-refractivity contribution in [1.29, 1.82) is 0 Å². The van der Waals surface area contributed by atoms with Crippen molar-refractivity contribution in [2.75, 3.05) is 39.3 Å². The molecule has 1 N–H and O–H groups in total. The number of rotatable bonds is 8. The lowest BCUT2D eigenvalue weighted by atomic mass is 10.1. The van der Waals surface area contributed by atoms with Crippen LogP contribution in [0.2, 0.25) is 0 Å². The fourth-order valence-electron chi connectivity index (χ4n) is 3.96. The molecule has 1 saturated heterocycles. The summed E-state index contributed by atoms with van der Waals surface area (Å²) in [4.78, 5) is 21.3. The minimum Gasteiger partial charge on any atom is -0.390 e. The van der Waals surface area contributed by atoms with Gasteiger partial charge in [0.05, 0.1) is 30.0 Å². The first-order chi connectivity index (χ1) is 14.2. The van der Waals surface area contributed by atoms with Crippen LogP contribution in [0.1, 0.15) is 16.8 Å². The highest BCUT2D eigenvalue weighted by molar-refractivity contribution is 5.96. The summed E-state index contributed by atoms with van der Waals surface area (Å²) in [7, 11) is 0. The Morgan fingerprint density at radius 2 is 1.62 bits per heavy atom. The third-order valence-electron chi connectivity index (χ3n) is 5.62. The highest BCUT2D eigenvalue weighted by atomic mass is 16.3. The summed E-state index contributed by atoms with van der Waals surface area (Å²) < 4.78 is 2.02. The number of hydrogen-bond acceptors (Lipinski definition) is 5. The largest absolute Gasteiger partial charge is 0.390 e. The molecule has 3 aromatic rings. The molecule has 1 aromatic heterocycles. The number of carbonyl (C=O) groups is 1. The van der Waals surface area contributed by atoms with Crippen LogP contribution in [-0.2, 0) is 6.54 Å². The summed E-state index contributed by atoms with van der Waals surface area (Å²) in [5.41, 5.74) is 2.80. The maximum Gasteiger partial charge on any atom is 0.164 e. The van der Waals surface area contributed by atoms with E-state index in [0.717, 1.165) is 49.3 Å². The van der Waals surface area contributed by atoms with Gasteiger partial charge in [0, 0.05) is 51.3 Å². The van der Waals surface area contributed by atoms with Crippen molar-refractivity contribution in [2.45, 2.75) is 19.1 Å². The Labute approximate surface area is 171 Å². The average Bonchev–Trinajstić information content (AvgIpc) is 3.16. The first-order valence-corrected chi connectivity index (χ1v) is 10.3. The van der Waals surface area contributed by atoms with E-state index >= 15 is 0 Å². The smallest absolute Gasteiger partial charge is 0.164 e. The normalized spacial score (nSPS) is 16.9. The molecule has 0 aliphatic carbocycles. The minimum absolute atomic E-state index is 0.205. The molecule has 152 valence electrons. The number of hydrogen-bond donors (Lipinski definition) is 1.